The molecule has 1 aromatic carbocycles. The second-order valence-corrected chi connectivity index (χ2v) is 9.60. The van der Waals surface area contributed by atoms with Gasteiger partial charge in [0.2, 0.25) is 5.91 Å². The number of imidazole rings is 1. The summed E-state index contributed by atoms with van der Waals surface area (Å²) in [4.78, 5) is 29.0. The van der Waals surface area contributed by atoms with Crippen LogP contribution in [0.25, 0.3) is 28.2 Å². The van der Waals surface area contributed by atoms with Crippen LogP contribution in [-0.4, -0.2) is 50.6 Å². The number of pyridine rings is 2. The number of amides is 1. The van der Waals surface area contributed by atoms with Crippen molar-refractivity contribution in [2.75, 3.05) is 23.3 Å². The minimum Gasteiger partial charge on any atom is -0.351 e. The average Bonchev–Trinajstić information content (AvgIpc) is 3.34. The Labute approximate surface area is 201 Å². The van der Waals surface area contributed by atoms with Gasteiger partial charge in [-0.2, -0.15) is 0 Å². The van der Waals surface area contributed by atoms with Crippen molar-refractivity contribution >= 4 is 28.7 Å². The number of aromatic nitrogens is 4. The second kappa shape index (κ2) is 7.84. The Morgan fingerprint density at radius 2 is 1.94 bits per heavy atom. The molecule has 1 aliphatic carbocycles. The summed E-state index contributed by atoms with van der Waals surface area (Å²) in [5, 5.41) is 6.46. The second-order valence-electron chi connectivity index (χ2n) is 9.60. The van der Waals surface area contributed by atoms with Gasteiger partial charge in [0, 0.05) is 48.9 Å². The number of halogens is 1. The maximum atomic E-state index is 13.7. The Hall–Kier alpha value is -3.85. The van der Waals surface area contributed by atoms with Gasteiger partial charge in [0.1, 0.15) is 28.8 Å². The molecular weight excluding hydrogens is 445 g/mol. The summed E-state index contributed by atoms with van der Waals surface area (Å²) in [5.74, 6) is 1.85. The molecule has 7 rings (SSSR count). The fraction of sp³-hybridized carbons (Fsp3) is 0.308. The maximum Gasteiger partial charge on any atom is 0.228 e. The topological polar surface area (TPSA) is 88.0 Å². The van der Waals surface area contributed by atoms with E-state index in [2.05, 4.69) is 20.5 Å². The number of carbonyl (C=O) groups excluding carboxylic acids is 1. The summed E-state index contributed by atoms with van der Waals surface area (Å²) in [6, 6.07) is 15.0. The molecule has 35 heavy (non-hydrogen) atoms. The lowest BCUT2D eigenvalue weighted by atomic mass is 10.2. The number of hydrogen-bond acceptors (Lipinski definition) is 6. The summed E-state index contributed by atoms with van der Waals surface area (Å²) in [5.41, 5.74) is 3.01. The first-order valence-corrected chi connectivity index (χ1v) is 12.0. The number of nitrogens with one attached hydrogen (secondary N) is 2. The molecule has 3 aromatic heterocycles. The van der Waals surface area contributed by atoms with Crippen LogP contribution in [0.4, 0.5) is 16.0 Å². The summed E-state index contributed by atoms with van der Waals surface area (Å²) >= 11 is 0. The first kappa shape index (κ1) is 20.5. The van der Waals surface area contributed by atoms with Crippen molar-refractivity contribution in [3.8, 4) is 17.1 Å². The minimum absolute atomic E-state index is 0.00186. The molecule has 3 aliphatic rings. The third-order valence-electron chi connectivity index (χ3n) is 7.14. The fourth-order valence-electron chi connectivity index (χ4n) is 5.19. The van der Waals surface area contributed by atoms with Crippen molar-refractivity contribution in [1.29, 1.82) is 0 Å². The van der Waals surface area contributed by atoms with E-state index in [1.807, 2.05) is 28.8 Å². The predicted molar refractivity (Wildman–Crippen MR) is 131 cm³/mol. The molecule has 2 bridgehead atoms. The largest absolute Gasteiger partial charge is 0.351 e. The maximum absolute atomic E-state index is 13.7. The number of carbonyl (C=O) groups is 1. The number of benzene rings is 1. The summed E-state index contributed by atoms with van der Waals surface area (Å²) in [7, 11) is 0. The molecule has 2 unspecified atom stereocenters. The number of nitrogens with zero attached hydrogens (tertiary/aromatic N) is 5. The molecule has 5 heterocycles. The van der Waals surface area contributed by atoms with Crippen LogP contribution in [0.5, 0.6) is 0 Å². The molecule has 1 amide bonds. The van der Waals surface area contributed by atoms with Crippen LogP contribution >= 0.6 is 0 Å². The van der Waals surface area contributed by atoms with Gasteiger partial charge < -0.3 is 15.5 Å². The average molecular weight is 470 g/mol. The van der Waals surface area contributed by atoms with Crippen molar-refractivity contribution in [2.45, 2.75) is 31.3 Å². The highest BCUT2D eigenvalue weighted by atomic mass is 19.1. The van der Waals surface area contributed by atoms with Gasteiger partial charge in [-0.3, -0.25) is 9.36 Å². The molecule has 8 nitrogen and oxygen atoms in total. The van der Waals surface area contributed by atoms with Crippen LogP contribution in [0.2, 0.25) is 0 Å². The lowest BCUT2D eigenvalue weighted by Crippen LogP contribution is -2.44. The number of fused-ring (bicyclic) bond motifs is 3. The van der Waals surface area contributed by atoms with Crippen LogP contribution in [0.15, 0.2) is 54.7 Å². The van der Waals surface area contributed by atoms with Crippen LogP contribution in [0, 0.1) is 11.7 Å². The molecular formula is C26H24FN7O. The lowest BCUT2D eigenvalue weighted by molar-refractivity contribution is -0.117. The third-order valence-corrected chi connectivity index (χ3v) is 7.14. The predicted octanol–water partition coefficient (Wildman–Crippen LogP) is 3.52. The smallest absolute Gasteiger partial charge is 0.228 e. The first-order chi connectivity index (χ1) is 17.1. The normalized spacial score (nSPS) is 21.1. The van der Waals surface area contributed by atoms with E-state index in [0.717, 1.165) is 54.9 Å². The SMILES string of the molecule is O=C(Nc1cc(-n2c(-c3ccc(F)cc3)nc3ccc(N4CC5CC4CN5)nc32)ccn1)C1CC1. The van der Waals surface area contributed by atoms with Crippen LogP contribution in [0.1, 0.15) is 19.3 Å². The highest BCUT2D eigenvalue weighted by molar-refractivity contribution is 5.93. The first-order valence-electron chi connectivity index (χ1n) is 12.0. The molecule has 2 aliphatic heterocycles. The number of hydrogen-bond donors (Lipinski definition) is 2. The Morgan fingerprint density at radius 1 is 1.09 bits per heavy atom. The molecule has 176 valence electrons. The van der Waals surface area contributed by atoms with Gasteiger partial charge in [-0.25, -0.2) is 19.3 Å². The zero-order valence-corrected chi connectivity index (χ0v) is 19.0. The van der Waals surface area contributed by atoms with Crippen molar-refractivity contribution in [2.24, 2.45) is 5.92 Å². The lowest BCUT2D eigenvalue weighted by Gasteiger charge is -2.28. The van der Waals surface area contributed by atoms with Crippen molar-refractivity contribution in [1.82, 2.24) is 24.8 Å². The zero-order valence-electron chi connectivity index (χ0n) is 19.0. The summed E-state index contributed by atoms with van der Waals surface area (Å²) < 4.78 is 15.6. The van der Waals surface area contributed by atoms with Gasteiger partial charge in [0.05, 0.1) is 5.69 Å². The Morgan fingerprint density at radius 3 is 2.69 bits per heavy atom. The van der Waals surface area contributed by atoms with E-state index in [1.54, 1.807) is 18.3 Å². The molecule has 0 radical (unpaired) electrons. The van der Waals surface area contributed by atoms with Crippen LogP contribution in [-0.2, 0) is 4.79 Å². The molecule has 2 atom stereocenters. The van der Waals surface area contributed by atoms with E-state index in [0.29, 0.717) is 29.4 Å². The van der Waals surface area contributed by atoms with Gasteiger partial charge in [-0.05, 0) is 61.7 Å². The molecule has 2 N–H and O–H groups in total. The van der Waals surface area contributed by atoms with E-state index in [-0.39, 0.29) is 17.6 Å². The van der Waals surface area contributed by atoms with E-state index in [9.17, 15) is 9.18 Å². The standard InChI is InChI=1S/C26H24FN7O/c27-17-5-3-15(4-6-17)24-30-21-7-8-23(33-14-18-11-20(33)13-29-18)32-25(21)34(24)19-9-10-28-22(12-19)31-26(35)16-1-2-16/h3-10,12,16,18,20,29H,1-2,11,13-14H2,(H,28,31,35). The zero-order chi connectivity index (χ0) is 23.5. The Bertz CT molecular complexity index is 1450. The highest BCUT2D eigenvalue weighted by Gasteiger charge is 2.38. The molecule has 3 fully saturated rings. The van der Waals surface area contributed by atoms with E-state index < -0.39 is 0 Å². The fourth-order valence-corrected chi connectivity index (χ4v) is 5.19. The van der Waals surface area contributed by atoms with Crippen molar-refractivity contribution in [3.63, 3.8) is 0 Å². The Balaban J connectivity index is 1.36. The van der Waals surface area contributed by atoms with Crippen LogP contribution in [0.3, 0.4) is 0 Å². The van der Waals surface area contributed by atoms with Crippen molar-refractivity contribution in [3.05, 3.63) is 60.5 Å². The minimum atomic E-state index is -0.302. The van der Waals surface area contributed by atoms with E-state index >= 15 is 0 Å². The third kappa shape index (κ3) is 3.63. The monoisotopic (exact) mass is 469 g/mol. The van der Waals surface area contributed by atoms with E-state index in [1.165, 1.54) is 12.1 Å². The van der Waals surface area contributed by atoms with Gasteiger partial charge in [-0.1, -0.05) is 0 Å². The van der Waals surface area contributed by atoms with E-state index in [4.69, 9.17) is 9.97 Å². The number of rotatable bonds is 5. The molecule has 1 saturated carbocycles. The molecule has 9 heteroatoms. The number of anilines is 2. The molecule has 4 aromatic rings. The summed E-state index contributed by atoms with van der Waals surface area (Å²) in [6.45, 7) is 1.91. The molecule has 0 spiro atoms. The highest BCUT2D eigenvalue weighted by Crippen LogP contribution is 2.33. The van der Waals surface area contributed by atoms with Crippen molar-refractivity contribution < 1.29 is 9.18 Å². The summed E-state index contributed by atoms with van der Waals surface area (Å²) in [6.07, 6.45) is 4.65. The quantitative estimate of drug-likeness (QED) is 0.465. The van der Waals surface area contributed by atoms with Gasteiger partial charge in [0.25, 0.3) is 0 Å². The van der Waals surface area contributed by atoms with Gasteiger partial charge >= 0.3 is 0 Å². The van der Waals surface area contributed by atoms with Gasteiger partial charge in [0.15, 0.2) is 5.65 Å². The Kier molecular flexibility index (Phi) is 4.60. The number of piperazine rings is 1. The van der Waals surface area contributed by atoms with Crippen LogP contribution < -0.4 is 15.5 Å². The molecule has 2 saturated heterocycles. The van der Waals surface area contributed by atoms with Gasteiger partial charge in [-0.15, -0.1) is 0 Å².